The van der Waals surface area contributed by atoms with Gasteiger partial charge < -0.3 is 5.73 Å². The average molecular weight is 122 g/mol. The molecule has 0 aromatic rings. The molecule has 1 aliphatic rings. The molecule has 0 saturated heterocycles. The minimum Gasteiger partial charge on any atom is -0.369 e. The molecule has 2 N–H and O–H groups in total. The lowest BCUT2D eigenvalue weighted by Crippen LogP contribution is -2.11. The van der Waals surface area contributed by atoms with Gasteiger partial charge in [-0.1, -0.05) is 0 Å². The molecule has 0 aliphatic heterocycles. The Labute approximate surface area is 48.5 Å². The number of hydrogen-bond acceptors (Lipinski definition) is 1. The Hall–Kier alpha value is -0.240. The summed E-state index contributed by atoms with van der Waals surface area (Å²) < 4.78 is 0. The zero-order valence-corrected chi connectivity index (χ0v) is 4.70. The van der Waals surface area contributed by atoms with Gasteiger partial charge in [0.2, 0.25) is 5.91 Å². The Morgan fingerprint density at radius 1 is 1.57 bits per heavy atom. The van der Waals surface area contributed by atoms with E-state index in [4.69, 9.17) is 5.73 Å². The molecule has 0 aromatic heterocycles. The van der Waals surface area contributed by atoms with E-state index in [0.717, 1.165) is 12.8 Å². The molecule has 1 rings (SSSR count). The van der Waals surface area contributed by atoms with Gasteiger partial charge in [0.1, 0.15) is 0 Å². The van der Waals surface area contributed by atoms with Crippen molar-refractivity contribution in [1.82, 2.24) is 0 Å². The Morgan fingerprint density at radius 2 is 2.00 bits per heavy atom. The van der Waals surface area contributed by atoms with Gasteiger partial charge in [0, 0.05) is 5.92 Å². The summed E-state index contributed by atoms with van der Waals surface area (Å²) in [4.78, 5) is 9.98. The smallest absolute Gasteiger partial charge is 0.220 e. The van der Waals surface area contributed by atoms with Crippen LogP contribution in [0.1, 0.15) is 12.8 Å². The normalized spacial score (nSPS) is 17.7. The second-order valence-electron chi connectivity index (χ2n) is 1.68. The molecule has 1 amide bonds. The Balaban J connectivity index is 0.000000360. The zero-order valence-electron chi connectivity index (χ0n) is 3.89. The molecule has 1 fully saturated rings. The van der Waals surface area contributed by atoms with Crippen molar-refractivity contribution in [3.63, 3.8) is 0 Å². The van der Waals surface area contributed by atoms with Crippen molar-refractivity contribution in [2.75, 3.05) is 0 Å². The minimum atomic E-state index is -0.130. The third kappa shape index (κ3) is 1.78. The molecule has 0 bridgehead atoms. The summed E-state index contributed by atoms with van der Waals surface area (Å²) in [5.74, 6) is 0.111. The molecule has 42 valence electrons. The maximum Gasteiger partial charge on any atom is 0.220 e. The third-order valence-electron chi connectivity index (χ3n) is 0.980. The topological polar surface area (TPSA) is 43.1 Å². The standard InChI is InChI=1S/C4H7NO.ClH/c5-4(6)3-1-2-3;/h3H,1-2H2,(H2,5,6);1H. The highest BCUT2D eigenvalue weighted by molar-refractivity contribution is 5.85. The molecule has 0 unspecified atom stereocenters. The molecule has 2 nitrogen and oxygen atoms in total. The van der Waals surface area contributed by atoms with E-state index in [1.807, 2.05) is 0 Å². The van der Waals surface area contributed by atoms with Crippen LogP contribution in [0.15, 0.2) is 0 Å². The number of carbonyl (C=O) groups is 1. The van der Waals surface area contributed by atoms with Gasteiger partial charge in [-0.05, 0) is 12.8 Å². The number of primary amides is 1. The minimum absolute atomic E-state index is 0. The van der Waals surface area contributed by atoms with E-state index in [9.17, 15) is 4.79 Å². The second-order valence-corrected chi connectivity index (χ2v) is 1.68. The van der Waals surface area contributed by atoms with E-state index in [0.29, 0.717) is 0 Å². The van der Waals surface area contributed by atoms with Gasteiger partial charge in [-0.3, -0.25) is 4.79 Å². The predicted molar refractivity (Wildman–Crippen MR) is 29.2 cm³/mol. The van der Waals surface area contributed by atoms with Crippen LogP contribution in [-0.4, -0.2) is 5.91 Å². The molecule has 7 heavy (non-hydrogen) atoms. The maximum absolute atomic E-state index is 9.98. The zero-order chi connectivity index (χ0) is 4.57. The molecule has 3 heteroatoms. The number of carbonyl (C=O) groups excluding carboxylic acids is 1. The second kappa shape index (κ2) is 2.17. The van der Waals surface area contributed by atoms with Crippen LogP contribution in [0, 0.1) is 5.92 Å². The average Bonchev–Trinajstić information content (AvgIpc) is 2.06. The molecular weight excluding hydrogens is 114 g/mol. The molecule has 1 saturated carbocycles. The fourth-order valence-corrected chi connectivity index (χ4v) is 0.368. The Kier molecular flexibility index (Phi) is 2.09. The Morgan fingerprint density at radius 3 is 2.00 bits per heavy atom. The van der Waals surface area contributed by atoms with Crippen molar-refractivity contribution < 1.29 is 4.79 Å². The Bertz CT molecular complexity index is 79.8. The maximum atomic E-state index is 9.98. The first-order valence-corrected chi connectivity index (χ1v) is 2.10. The first-order valence-electron chi connectivity index (χ1n) is 2.10. The van der Waals surface area contributed by atoms with Crippen molar-refractivity contribution in [3.8, 4) is 0 Å². The molecule has 1 aliphatic carbocycles. The van der Waals surface area contributed by atoms with Crippen molar-refractivity contribution >= 4 is 18.3 Å². The molecule has 0 spiro atoms. The fourth-order valence-electron chi connectivity index (χ4n) is 0.368. The summed E-state index contributed by atoms with van der Waals surface area (Å²) in [6.07, 6.45) is 2.05. The monoisotopic (exact) mass is 121 g/mol. The van der Waals surface area contributed by atoms with Crippen molar-refractivity contribution in [2.45, 2.75) is 12.8 Å². The number of rotatable bonds is 1. The van der Waals surface area contributed by atoms with Gasteiger partial charge in [-0.25, -0.2) is 0 Å². The van der Waals surface area contributed by atoms with E-state index in [2.05, 4.69) is 0 Å². The first kappa shape index (κ1) is 6.76. The summed E-state index contributed by atoms with van der Waals surface area (Å²) in [5, 5.41) is 0. The summed E-state index contributed by atoms with van der Waals surface area (Å²) in [5.41, 5.74) is 4.86. The molecule has 0 atom stereocenters. The first-order chi connectivity index (χ1) is 2.80. The van der Waals surface area contributed by atoms with Crippen LogP contribution in [-0.2, 0) is 4.79 Å². The summed E-state index contributed by atoms with van der Waals surface area (Å²) in [6, 6.07) is 0. The van der Waals surface area contributed by atoms with Gasteiger partial charge in [-0.15, -0.1) is 12.4 Å². The van der Waals surface area contributed by atoms with Crippen molar-refractivity contribution in [2.24, 2.45) is 11.7 Å². The highest BCUT2D eigenvalue weighted by Gasteiger charge is 2.26. The van der Waals surface area contributed by atoms with Gasteiger partial charge in [0.25, 0.3) is 0 Å². The van der Waals surface area contributed by atoms with E-state index in [1.54, 1.807) is 0 Å². The molecular formula is C4H8ClNO. The summed E-state index contributed by atoms with van der Waals surface area (Å²) in [7, 11) is 0. The van der Waals surface area contributed by atoms with Crippen LogP contribution in [0.5, 0.6) is 0 Å². The van der Waals surface area contributed by atoms with Gasteiger partial charge in [-0.2, -0.15) is 0 Å². The molecule has 0 aromatic carbocycles. The number of nitrogens with two attached hydrogens (primary N) is 1. The van der Waals surface area contributed by atoms with Gasteiger partial charge >= 0.3 is 0 Å². The van der Waals surface area contributed by atoms with E-state index < -0.39 is 0 Å². The summed E-state index contributed by atoms with van der Waals surface area (Å²) >= 11 is 0. The number of halogens is 1. The third-order valence-corrected chi connectivity index (χ3v) is 0.980. The lowest BCUT2D eigenvalue weighted by molar-refractivity contribution is -0.119. The van der Waals surface area contributed by atoms with Crippen molar-refractivity contribution in [3.05, 3.63) is 0 Å². The van der Waals surface area contributed by atoms with Crippen LogP contribution in [0.25, 0.3) is 0 Å². The molecule has 0 heterocycles. The summed E-state index contributed by atoms with van der Waals surface area (Å²) in [6.45, 7) is 0. The van der Waals surface area contributed by atoms with Crippen LogP contribution < -0.4 is 5.73 Å². The van der Waals surface area contributed by atoms with Gasteiger partial charge in [0.15, 0.2) is 0 Å². The van der Waals surface area contributed by atoms with Crippen LogP contribution in [0.4, 0.5) is 0 Å². The van der Waals surface area contributed by atoms with E-state index in [-0.39, 0.29) is 24.2 Å². The largest absolute Gasteiger partial charge is 0.369 e. The quantitative estimate of drug-likeness (QED) is 0.533. The molecule has 0 radical (unpaired) electrons. The highest BCUT2D eigenvalue weighted by atomic mass is 35.5. The van der Waals surface area contributed by atoms with Crippen LogP contribution in [0.2, 0.25) is 0 Å². The lowest BCUT2D eigenvalue weighted by Gasteiger charge is -1.77. The van der Waals surface area contributed by atoms with E-state index in [1.165, 1.54) is 0 Å². The predicted octanol–water partition coefficient (Wildman–Crippen LogP) is 0.303. The highest BCUT2D eigenvalue weighted by Crippen LogP contribution is 2.27. The SMILES string of the molecule is Cl.NC(=O)C1CC1. The number of amides is 1. The van der Waals surface area contributed by atoms with Gasteiger partial charge in [0.05, 0.1) is 0 Å². The lowest BCUT2D eigenvalue weighted by atomic mass is 10.4. The van der Waals surface area contributed by atoms with E-state index >= 15 is 0 Å². The van der Waals surface area contributed by atoms with Crippen LogP contribution >= 0.6 is 12.4 Å². The van der Waals surface area contributed by atoms with Crippen molar-refractivity contribution in [1.29, 1.82) is 0 Å². The number of hydrogen-bond donors (Lipinski definition) is 1. The fraction of sp³-hybridized carbons (Fsp3) is 0.750. The van der Waals surface area contributed by atoms with Crippen LogP contribution in [0.3, 0.4) is 0 Å².